The highest BCUT2D eigenvalue weighted by Gasteiger charge is 2.11. The highest BCUT2D eigenvalue weighted by molar-refractivity contribution is 5.96. The number of amides is 1. The van der Waals surface area contributed by atoms with Gasteiger partial charge in [-0.2, -0.15) is 0 Å². The number of pyridine rings is 2. The van der Waals surface area contributed by atoms with Crippen LogP contribution in [0.4, 0.5) is 23.0 Å². The van der Waals surface area contributed by atoms with Gasteiger partial charge in [-0.3, -0.25) is 25.6 Å². The van der Waals surface area contributed by atoms with Gasteiger partial charge in [-0.25, -0.2) is 9.97 Å². The maximum Gasteiger partial charge on any atom is 0.271 e. The van der Waals surface area contributed by atoms with E-state index in [1.165, 1.54) is 12.5 Å². The molecule has 1 aromatic carbocycles. The van der Waals surface area contributed by atoms with Crippen LogP contribution >= 0.6 is 0 Å². The fourth-order valence-electron chi connectivity index (χ4n) is 2.62. The number of nitrogen functional groups attached to an aromatic ring is 1. The zero-order valence-electron chi connectivity index (χ0n) is 14.6. The first-order chi connectivity index (χ1) is 13.7. The zero-order chi connectivity index (χ0) is 19.3. The summed E-state index contributed by atoms with van der Waals surface area (Å²) in [6, 6.07) is 12.9. The highest BCUT2D eigenvalue weighted by atomic mass is 16.2. The quantitative estimate of drug-likeness (QED) is 0.393. The Balaban J connectivity index is 1.54. The van der Waals surface area contributed by atoms with Gasteiger partial charge in [0.1, 0.15) is 12.0 Å². The molecular formula is C19H16N8O. The Labute approximate surface area is 160 Å². The SMILES string of the molecule is Nc1c(NNC(=O)c2cccnc2)ncnc1Nc1cccc2ncccc12. The molecule has 0 aliphatic rings. The van der Waals surface area contributed by atoms with E-state index in [4.69, 9.17) is 5.73 Å². The summed E-state index contributed by atoms with van der Waals surface area (Å²) < 4.78 is 0. The molecule has 4 rings (SSSR count). The Bertz CT molecular complexity index is 1130. The second-order valence-electron chi connectivity index (χ2n) is 5.81. The summed E-state index contributed by atoms with van der Waals surface area (Å²) in [5, 5.41) is 4.13. The fraction of sp³-hybridized carbons (Fsp3) is 0. The first-order valence-electron chi connectivity index (χ1n) is 8.40. The molecule has 3 aromatic heterocycles. The molecule has 0 radical (unpaired) electrons. The summed E-state index contributed by atoms with van der Waals surface area (Å²) in [4.78, 5) is 28.6. The predicted octanol–water partition coefficient (Wildman–Crippen LogP) is 2.50. The van der Waals surface area contributed by atoms with E-state index in [0.717, 1.165) is 16.6 Å². The Kier molecular flexibility index (Phi) is 4.62. The van der Waals surface area contributed by atoms with Crippen LogP contribution in [0.5, 0.6) is 0 Å². The lowest BCUT2D eigenvalue weighted by atomic mass is 10.2. The summed E-state index contributed by atoms with van der Waals surface area (Å²) in [6.07, 6.45) is 6.13. The summed E-state index contributed by atoms with van der Waals surface area (Å²) in [7, 11) is 0. The van der Waals surface area contributed by atoms with E-state index in [2.05, 4.69) is 36.1 Å². The molecule has 0 spiro atoms. The lowest BCUT2D eigenvalue weighted by Crippen LogP contribution is -2.30. The standard InChI is InChI=1S/C19H16N8O/c20-16-17(25-15-7-1-6-14-13(15)5-3-9-22-14)23-11-24-18(16)26-27-19(28)12-4-2-8-21-10-12/h1-11H,20H2,(H,27,28)(H2,23,24,25,26). The number of nitrogens with zero attached hydrogens (tertiary/aromatic N) is 4. The molecule has 0 aliphatic carbocycles. The number of anilines is 4. The number of carbonyl (C=O) groups excluding carboxylic acids is 1. The van der Waals surface area contributed by atoms with Gasteiger partial charge in [-0.15, -0.1) is 0 Å². The number of nitrogens with one attached hydrogen (secondary N) is 3. The number of nitrogens with two attached hydrogens (primary N) is 1. The van der Waals surface area contributed by atoms with Crippen molar-refractivity contribution < 1.29 is 4.79 Å². The van der Waals surface area contributed by atoms with Crippen LogP contribution < -0.4 is 21.9 Å². The molecule has 9 nitrogen and oxygen atoms in total. The maximum atomic E-state index is 12.1. The molecule has 0 aliphatic heterocycles. The van der Waals surface area contributed by atoms with Crippen LogP contribution in [0.25, 0.3) is 10.9 Å². The molecule has 0 unspecified atom stereocenters. The Morgan fingerprint density at radius 2 is 1.79 bits per heavy atom. The van der Waals surface area contributed by atoms with Crippen molar-refractivity contribution in [2.24, 2.45) is 0 Å². The topological polar surface area (TPSA) is 131 Å². The fourth-order valence-corrected chi connectivity index (χ4v) is 2.62. The highest BCUT2D eigenvalue weighted by Crippen LogP contribution is 2.29. The van der Waals surface area contributed by atoms with Gasteiger partial charge in [0.2, 0.25) is 0 Å². The van der Waals surface area contributed by atoms with Crippen LogP contribution in [0.1, 0.15) is 10.4 Å². The molecule has 138 valence electrons. The Hall–Kier alpha value is -4.27. The number of rotatable bonds is 5. The normalized spacial score (nSPS) is 10.4. The Morgan fingerprint density at radius 3 is 2.64 bits per heavy atom. The second-order valence-corrected chi connectivity index (χ2v) is 5.81. The number of hydrazine groups is 1. The minimum atomic E-state index is -0.360. The molecule has 0 bridgehead atoms. The van der Waals surface area contributed by atoms with E-state index in [1.54, 1.807) is 24.5 Å². The average molecular weight is 372 g/mol. The molecule has 0 atom stereocenters. The number of hydrogen-bond acceptors (Lipinski definition) is 8. The van der Waals surface area contributed by atoms with Crippen LogP contribution in [0.3, 0.4) is 0 Å². The van der Waals surface area contributed by atoms with Gasteiger partial charge in [-0.1, -0.05) is 6.07 Å². The minimum absolute atomic E-state index is 0.259. The molecule has 1 amide bonds. The number of fused-ring (bicyclic) bond motifs is 1. The van der Waals surface area contributed by atoms with Gasteiger partial charge in [0.15, 0.2) is 11.6 Å². The average Bonchev–Trinajstić information content (AvgIpc) is 2.75. The van der Waals surface area contributed by atoms with Crippen LogP contribution in [0.2, 0.25) is 0 Å². The monoisotopic (exact) mass is 372 g/mol. The molecule has 0 saturated carbocycles. The summed E-state index contributed by atoms with van der Waals surface area (Å²) in [5.41, 5.74) is 13.8. The van der Waals surface area contributed by atoms with Crippen LogP contribution in [0, 0.1) is 0 Å². The van der Waals surface area contributed by atoms with E-state index < -0.39 is 0 Å². The summed E-state index contributed by atoms with van der Waals surface area (Å²) in [5.74, 6) is 0.318. The molecular weight excluding hydrogens is 356 g/mol. The van der Waals surface area contributed by atoms with Gasteiger partial charge < -0.3 is 11.1 Å². The number of hydrogen-bond donors (Lipinski definition) is 4. The second kappa shape index (κ2) is 7.54. The van der Waals surface area contributed by atoms with Crippen molar-refractivity contribution in [3.05, 3.63) is 72.9 Å². The first kappa shape index (κ1) is 17.2. The molecule has 9 heteroatoms. The summed E-state index contributed by atoms with van der Waals surface area (Å²) in [6.45, 7) is 0. The molecule has 3 heterocycles. The van der Waals surface area contributed by atoms with Crippen molar-refractivity contribution in [3.8, 4) is 0 Å². The van der Waals surface area contributed by atoms with Gasteiger partial charge >= 0.3 is 0 Å². The Morgan fingerprint density at radius 1 is 0.929 bits per heavy atom. The molecule has 4 aromatic rings. The molecule has 28 heavy (non-hydrogen) atoms. The van der Waals surface area contributed by atoms with Crippen molar-refractivity contribution in [1.29, 1.82) is 0 Å². The molecule has 0 fully saturated rings. The largest absolute Gasteiger partial charge is 0.393 e. The van der Waals surface area contributed by atoms with Gasteiger partial charge in [0.05, 0.1) is 11.1 Å². The lowest BCUT2D eigenvalue weighted by Gasteiger charge is -2.14. The number of benzene rings is 1. The maximum absolute atomic E-state index is 12.1. The van der Waals surface area contributed by atoms with Crippen LogP contribution in [-0.2, 0) is 0 Å². The third-order valence-corrected chi connectivity index (χ3v) is 4.00. The lowest BCUT2D eigenvalue weighted by molar-refractivity contribution is 0.0962. The molecule has 5 N–H and O–H groups in total. The van der Waals surface area contributed by atoms with Gasteiger partial charge in [0, 0.05) is 29.7 Å². The third kappa shape index (κ3) is 3.49. The zero-order valence-corrected chi connectivity index (χ0v) is 14.6. The van der Waals surface area contributed by atoms with Crippen molar-refractivity contribution in [2.75, 3.05) is 16.5 Å². The van der Waals surface area contributed by atoms with Crippen molar-refractivity contribution >= 4 is 39.8 Å². The van der Waals surface area contributed by atoms with Gasteiger partial charge in [0.25, 0.3) is 5.91 Å². The van der Waals surface area contributed by atoms with E-state index in [-0.39, 0.29) is 17.4 Å². The van der Waals surface area contributed by atoms with E-state index in [0.29, 0.717) is 11.4 Å². The predicted molar refractivity (Wildman–Crippen MR) is 107 cm³/mol. The smallest absolute Gasteiger partial charge is 0.271 e. The third-order valence-electron chi connectivity index (χ3n) is 4.00. The number of aromatic nitrogens is 4. The van der Waals surface area contributed by atoms with Crippen molar-refractivity contribution in [3.63, 3.8) is 0 Å². The van der Waals surface area contributed by atoms with Crippen LogP contribution in [-0.4, -0.2) is 25.8 Å². The first-order valence-corrected chi connectivity index (χ1v) is 8.40. The van der Waals surface area contributed by atoms with Crippen molar-refractivity contribution in [2.45, 2.75) is 0 Å². The van der Waals surface area contributed by atoms with E-state index in [9.17, 15) is 4.79 Å². The summed E-state index contributed by atoms with van der Waals surface area (Å²) >= 11 is 0. The minimum Gasteiger partial charge on any atom is -0.393 e. The van der Waals surface area contributed by atoms with Gasteiger partial charge in [-0.05, 0) is 36.4 Å². The van der Waals surface area contributed by atoms with E-state index in [1.807, 2.05) is 30.3 Å². The van der Waals surface area contributed by atoms with Crippen LogP contribution in [0.15, 0.2) is 67.4 Å². The molecule has 0 saturated heterocycles. The van der Waals surface area contributed by atoms with E-state index >= 15 is 0 Å². The number of carbonyl (C=O) groups is 1. The van der Waals surface area contributed by atoms with Crippen molar-refractivity contribution in [1.82, 2.24) is 25.4 Å².